The van der Waals surface area contributed by atoms with Crippen molar-refractivity contribution in [1.82, 2.24) is 0 Å². The first-order valence-electron chi connectivity index (χ1n) is 6.41. The molecule has 0 saturated carbocycles. The van der Waals surface area contributed by atoms with Crippen molar-refractivity contribution >= 4 is 11.6 Å². The third-order valence-electron chi connectivity index (χ3n) is 3.26. The molecule has 0 nitrogen and oxygen atoms in total. The van der Waals surface area contributed by atoms with E-state index in [1.54, 1.807) is 0 Å². The third kappa shape index (κ3) is 3.36. The summed E-state index contributed by atoms with van der Waals surface area (Å²) in [5.74, 6) is 0.427. The van der Waals surface area contributed by atoms with Crippen LogP contribution in [0.5, 0.6) is 0 Å². The Balaban J connectivity index is 2.06. The summed E-state index contributed by atoms with van der Waals surface area (Å²) in [7, 11) is 0. The zero-order valence-corrected chi connectivity index (χ0v) is 11.7. The van der Waals surface area contributed by atoms with E-state index in [2.05, 4.69) is 50.2 Å². The molecule has 94 valence electrons. The summed E-state index contributed by atoms with van der Waals surface area (Å²) in [4.78, 5) is 0. The quantitative estimate of drug-likeness (QED) is 0.665. The summed E-state index contributed by atoms with van der Waals surface area (Å²) in [5, 5.41) is 0.0757. The monoisotopic (exact) mass is 258 g/mol. The summed E-state index contributed by atoms with van der Waals surface area (Å²) < 4.78 is 0. The first-order valence-corrected chi connectivity index (χ1v) is 6.85. The fraction of sp³-hybridized carbons (Fsp3) is 0.294. The van der Waals surface area contributed by atoms with E-state index < -0.39 is 0 Å². The minimum atomic E-state index is 0.0757. The van der Waals surface area contributed by atoms with Crippen LogP contribution in [0.15, 0.2) is 54.6 Å². The van der Waals surface area contributed by atoms with Gasteiger partial charge in [0, 0.05) is 0 Å². The minimum absolute atomic E-state index is 0.0757. The van der Waals surface area contributed by atoms with Crippen LogP contribution in [0.1, 0.15) is 29.0 Å². The molecular weight excluding hydrogens is 240 g/mol. The normalized spacial score (nSPS) is 14.2. The zero-order chi connectivity index (χ0) is 13.0. The van der Waals surface area contributed by atoms with Gasteiger partial charge in [-0.3, -0.25) is 0 Å². The van der Waals surface area contributed by atoms with Crippen LogP contribution >= 0.6 is 11.6 Å². The fourth-order valence-electron chi connectivity index (χ4n) is 2.28. The van der Waals surface area contributed by atoms with Crippen molar-refractivity contribution < 1.29 is 0 Å². The molecule has 0 spiro atoms. The standard InChI is InChI=1S/C17H19Cl/c1-13-7-6-8-15(11-13)12-14(2)17(18)16-9-4-3-5-10-16/h3-11,14,17H,12H2,1-2H3. The minimum Gasteiger partial charge on any atom is -0.118 e. The number of rotatable bonds is 4. The Kier molecular flexibility index (Phi) is 4.43. The van der Waals surface area contributed by atoms with Crippen LogP contribution < -0.4 is 0 Å². The molecule has 0 saturated heterocycles. The number of hydrogen-bond acceptors (Lipinski definition) is 0. The van der Waals surface area contributed by atoms with Gasteiger partial charge in [0.1, 0.15) is 0 Å². The van der Waals surface area contributed by atoms with Gasteiger partial charge in [0.2, 0.25) is 0 Å². The van der Waals surface area contributed by atoms with Crippen LogP contribution in [0.25, 0.3) is 0 Å². The van der Waals surface area contributed by atoms with Gasteiger partial charge in [-0.15, -0.1) is 11.6 Å². The van der Waals surface area contributed by atoms with Crippen molar-refractivity contribution in [2.75, 3.05) is 0 Å². The highest BCUT2D eigenvalue weighted by atomic mass is 35.5. The van der Waals surface area contributed by atoms with Crippen LogP contribution in [0, 0.1) is 12.8 Å². The maximum Gasteiger partial charge on any atom is 0.0613 e. The molecule has 0 bridgehead atoms. The van der Waals surface area contributed by atoms with Crippen LogP contribution in [0.4, 0.5) is 0 Å². The smallest absolute Gasteiger partial charge is 0.0613 e. The largest absolute Gasteiger partial charge is 0.118 e. The Morgan fingerprint density at radius 3 is 2.39 bits per heavy atom. The number of aryl methyl sites for hydroxylation is 1. The SMILES string of the molecule is Cc1cccc(CC(C)C(Cl)c2ccccc2)c1. The average Bonchev–Trinajstić information content (AvgIpc) is 2.39. The molecule has 1 heteroatoms. The fourth-order valence-corrected chi connectivity index (χ4v) is 2.51. The Bertz CT molecular complexity index is 490. The second-order valence-electron chi connectivity index (χ2n) is 4.98. The lowest BCUT2D eigenvalue weighted by atomic mass is 9.93. The molecule has 0 aliphatic heterocycles. The molecule has 0 aliphatic carbocycles. The molecule has 2 rings (SSSR count). The van der Waals surface area contributed by atoms with Gasteiger partial charge >= 0.3 is 0 Å². The molecule has 0 fully saturated rings. The second-order valence-corrected chi connectivity index (χ2v) is 5.45. The van der Waals surface area contributed by atoms with Crippen molar-refractivity contribution in [3.05, 3.63) is 71.3 Å². The molecule has 2 aromatic rings. The van der Waals surface area contributed by atoms with E-state index in [0.717, 1.165) is 6.42 Å². The lowest BCUT2D eigenvalue weighted by Crippen LogP contribution is -2.07. The highest BCUT2D eigenvalue weighted by Gasteiger charge is 2.16. The van der Waals surface area contributed by atoms with Gasteiger partial charge < -0.3 is 0 Å². The lowest BCUT2D eigenvalue weighted by Gasteiger charge is -2.18. The highest BCUT2D eigenvalue weighted by Crippen LogP contribution is 2.31. The topological polar surface area (TPSA) is 0 Å². The molecule has 0 amide bonds. The van der Waals surface area contributed by atoms with E-state index in [0.29, 0.717) is 5.92 Å². The molecule has 0 heterocycles. The Labute approximate surface area is 115 Å². The van der Waals surface area contributed by atoms with Crippen LogP contribution in [-0.4, -0.2) is 0 Å². The van der Waals surface area contributed by atoms with Gasteiger partial charge in [-0.05, 0) is 30.4 Å². The van der Waals surface area contributed by atoms with Crippen LogP contribution in [-0.2, 0) is 6.42 Å². The van der Waals surface area contributed by atoms with E-state index >= 15 is 0 Å². The van der Waals surface area contributed by atoms with Gasteiger partial charge in [0.15, 0.2) is 0 Å². The van der Waals surface area contributed by atoms with E-state index in [1.807, 2.05) is 18.2 Å². The maximum absolute atomic E-state index is 6.55. The second kappa shape index (κ2) is 6.06. The molecule has 2 unspecified atom stereocenters. The summed E-state index contributed by atoms with van der Waals surface area (Å²) in [5.41, 5.74) is 3.88. The Morgan fingerprint density at radius 2 is 1.72 bits per heavy atom. The molecular formula is C17H19Cl. The molecule has 18 heavy (non-hydrogen) atoms. The summed E-state index contributed by atoms with van der Waals surface area (Å²) in [6, 6.07) is 19.0. The van der Waals surface area contributed by atoms with E-state index in [4.69, 9.17) is 11.6 Å². The maximum atomic E-state index is 6.55. The van der Waals surface area contributed by atoms with Crippen molar-refractivity contribution in [2.24, 2.45) is 5.92 Å². The number of alkyl halides is 1. The first kappa shape index (κ1) is 13.2. The summed E-state index contributed by atoms with van der Waals surface area (Å²) in [6.45, 7) is 4.34. The number of benzene rings is 2. The molecule has 0 N–H and O–H groups in total. The van der Waals surface area contributed by atoms with E-state index in [9.17, 15) is 0 Å². The average molecular weight is 259 g/mol. The molecule has 0 aromatic heterocycles. The summed E-state index contributed by atoms with van der Waals surface area (Å²) >= 11 is 6.55. The van der Waals surface area contributed by atoms with Gasteiger partial charge in [-0.25, -0.2) is 0 Å². The molecule has 0 radical (unpaired) electrons. The Morgan fingerprint density at radius 1 is 1.00 bits per heavy atom. The predicted molar refractivity (Wildman–Crippen MR) is 79.1 cm³/mol. The molecule has 2 atom stereocenters. The van der Waals surface area contributed by atoms with Crippen molar-refractivity contribution in [3.63, 3.8) is 0 Å². The third-order valence-corrected chi connectivity index (χ3v) is 3.94. The van der Waals surface area contributed by atoms with Crippen molar-refractivity contribution in [3.8, 4) is 0 Å². The van der Waals surface area contributed by atoms with Gasteiger partial charge in [-0.1, -0.05) is 67.1 Å². The van der Waals surface area contributed by atoms with E-state index in [-0.39, 0.29) is 5.38 Å². The first-order chi connectivity index (χ1) is 8.66. The Hall–Kier alpha value is -1.27. The predicted octanol–water partition coefficient (Wildman–Crippen LogP) is 5.15. The van der Waals surface area contributed by atoms with Crippen molar-refractivity contribution in [1.29, 1.82) is 0 Å². The lowest BCUT2D eigenvalue weighted by molar-refractivity contribution is 0.558. The van der Waals surface area contributed by atoms with Crippen LogP contribution in [0.3, 0.4) is 0 Å². The van der Waals surface area contributed by atoms with Crippen molar-refractivity contribution in [2.45, 2.75) is 25.6 Å². The number of hydrogen-bond donors (Lipinski definition) is 0. The number of halogens is 1. The van der Waals surface area contributed by atoms with Gasteiger partial charge in [0.05, 0.1) is 5.38 Å². The van der Waals surface area contributed by atoms with E-state index in [1.165, 1.54) is 16.7 Å². The van der Waals surface area contributed by atoms with Gasteiger partial charge in [0.25, 0.3) is 0 Å². The highest BCUT2D eigenvalue weighted by molar-refractivity contribution is 6.21. The molecule has 2 aromatic carbocycles. The zero-order valence-electron chi connectivity index (χ0n) is 10.9. The van der Waals surface area contributed by atoms with Crippen LogP contribution in [0.2, 0.25) is 0 Å². The molecule has 0 aliphatic rings. The summed E-state index contributed by atoms with van der Waals surface area (Å²) in [6.07, 6.45) is 1.02. The van der Waals surface area contributed by atoms with Gasteiger partial charge in [-0.2, -0.15) is 0 Å².